The number of nitrogens with one attached hydrogen (secondary N) is 4. The lowest BCUT2D eigenvalue weighted by molar-refractivity contribution is 0.0943. The van der Waals surface area contributed by atoms with Gasteiger partial charge in [-0.3, -0.25) is 69.6 Å². The van der Waals surface area contributed by atoms with E-state index in [1.54, 1.807) is 44.8 Å². The van der Waals surface area contributed by atoms with E-state index in [4.69, 9.17) is 61.4 Å². The fraction of sp³-hybridized carbons (Fsp3) is 0.605. The van der Waals surface area contributed by atoms with Crippen molar-refractivity contribution in [3.63, 3.8) is 0 Å². The van der Waals surface area contributed by atoms with E-state index in [2.05, 4.69) is 52.2 Å². The maximum atomic E-state index is 13.9. The summed E-state index contributed by atoms with van der Waals surface area (Å²) in [6.45, 7) is 3.31. The van der Waals surface area contributed by atoms with Crippen molar-refractivity contribution in [3.8, 4) is 69.0 Å². The molecule has 53 nitrogen and oxygen atoms in total. The first-order valence-corrected chi connectivity index (χ1v) is 60.0. The standard InChI is InChI=1S/C86H129N13O40S8/c1-3-26-87-83(100)64-53-73(129-35-10-6-23-68-61-97(94-91-68)30-14-27-88-84(101)65-55-71(128-34-9-5-13-45-140(104,105)106)79(136-33-4-2)72(56-65)131-38-17-46-141(107,108)109)80(137-37-12-8-25-70-63-99(96-93-70)32-15-28-89-85(102)66-57-75(132-39-18-47-142(110,111)112)81(138-43-22-51-146(122,123)124)76(58-66)133-40-19-48-143(113,114)115)74(54-64)130-36-11-7-24-69-62-98(95-92-69)31-16-29-90-86(103)67-59-77(134-41-20-49-144(116,117)118)82(139-44-52-147(125,126)127)78(60-67)135-42-21-50-145(119,120)121/h53-63H,3-52H2,1-2H3,(H,87,100)(H,88,101)(H,89,102)(H,90,103)(H,104,105,106)(H,107,108,109)(H,110,111,112)(H,113,114,115)(H,116,117,118)(H,119,120,121)(H,122,123,124)(H,125,126,127). The van der Waals surface area contributed by atoms with E-state index in [1.807, 2.05) is 13.8 Å². The Bertz CT molecular complexity index is 6210. The normalized spacial score (nSPS) is 12.1. The Hall–Kier alpha value is -10.9. The summed E-state index contributed by atoms with van der Waals surface area (Å²) in [6, 6.07) is 10.9. The Balaban J connectivity index is 1.00. The molecule has 61 heteroatoms. The summed E-state index contributed by atoms with van der Waals surface area (Å²) in [7, 11) is -35.1. The number of aryl methyl sites for hydroxylation is 6. The first-order valence-electron chi connectivity index (χ1n) is 47.1. The van der Waals surface area contributed by atoms with Crippen molar-refractivity contribution in [1.82, 2.24) is 66.2 Å². The van der Waals surface area contributed by atoms with E-state index >= 15 is 0 Å². The van der Waals surface area contributed by atoms with Gasteiger partial charge in [-0.2, -0.15) is 67.3 Å². The van der Waals surface area contributed by atoms with Gasteiger partial charge in [0.25, 0.3) is 105 Å². The highest BCUT2D eigenvalue weighted by Gasteiger charge is 2.28. The fourth-order valence-electron chi connectivity index (χ4n) is 13.4. The topological polar surface area (TPSA) is 754 Å². The molecule has 7 aromatic rings. The van der Waals surface area contributed by atoms with Crippen molar-refractivity contribution < 1.29 is 180 Å². The van der Waals surface area contributed by atoms with Crippen LogP contribution < -0.4 is 78.1 Å². The Morgan fingerprint density at radius 2 is 0.456 bits per heavy atom. The van der Waals surface area contributed by atoms with Crippen LogP contribution in [0, 0.1) is 0 Å². The summed E-state index contributed by atoms with van der Waals surface area (Å²) in [5.74, 6) is -8.15. The van der Waals surface area contributed by atoms with E-state index in [-0.39, 0.29) is 242 Å². The molecule has 4 aromatic carbocycles. The van der Waals surface area contributed by atoms with Crippen LogP contribution in [-0.2, 0) is 120 Å². The lowest BCUT2D eigenvalue weighted by Gasteiger charge is -2.19. The molecule has 0 bridgehead atoms. The molecule has 0 radical (unpaired) electrons. The second-order valence-electron chi connectivity index (χ2n) is 33.2. The SMILES string of the molecule is CCCNC(=O)c1cc(OCCCCc2cn(CCCNC(=O)c3cc(OCCCCCS(=O)(=O)O)c(OCCC)c(OCCCS(=O)(=O)O)c3)nn2)c(OCCCCc2cn(CCCNC(=O)c3cc(OCCCS(=O)(=O)O)c(OCCCS(=O)(=O)O)c(OCCCS(=O)(=O)O)c3)nn2)c(OCCCCc2cn(CCCNC(=O)c3cc(OCCCS(=O)(=O)O)c(OCCS(=O)(=O)O)c(OCCCS(=O)(=O)O)c3)nn2)c1. The second-order valence-corrected chi connectivity index (χ2v) is 45.8. The molecular formula is C86H129N13O40S8. The Labute approximate surface area is 853 Å². The summed E-state index contributed by atoms with van der Waals surface area (Å²) in [5.41, 5.74) is 2.04. The lowest BCUT2D eigenvalue weighted by atomic mass is 10.1. The monoisotopic (exact) mass is 2240 g/mol. The van der Waals surface area contributed by atoms with Crippen molar-refractivity contribution in [2.75, 3.05) is 151 Å². The Morgan fingerprint density at radius 1 is 0.245 bits per heavy atom. The van der Waals surface area contributed by atoms with Crippen LogP contribution in [0.3, 0.4) is 0 Å². The number of hydrogen-bond acceptors (Lipinski definition) is 38. The smallest absolute Gasteiger partial charge is 0.268 e. The van der Waals surface area contributed by atoms with Gasteiger partial charge in [0.05, 0.1) is 130 Å². The van der Waals surface area contributed by atoms with E-state index in [0.717, 1.165) is 0 Å². The summed E-state index contributed by atoms with van der Waals surface area (Å²) in [6.07, 6.45) is 11.5. The molecule has 0 unspecified atom stereocenters. The molecule has 0 fully saturated rings. The predicted octanol–water partition coefficient (Wildman–Crippen LogP) is 5.70. The second kappa shape index (κ2) is 61.9. The predicted molar refractivity (Wildman–Crippen MR) is 527 cm³/mol. The van der Waals surface area contributed by atoms with Crippen molar-refractivity contribution in [3.05, 3.63) is 106 Å². The molecule has 0 saturated carbocycles. The van der Waals surface area contributed by atoms with Crippen LogP contribution in [-0.4, -0.2) is 324 Å². The van der Waals surface area contributed by atoms with Crippen molar-refractivity contribution in [1.29, 1.82) is 0 Å². The molecule has 0 aliphatic carbocycles. The van der Waals surface area contributed by atoms with E-state index in [9.17, 15) is 118 Å². The Morgan fingerprint density at radius 3 is 0.701 bits per heavy atom. The highest BCUT2D eigenvalue weighted by molar-refractivity contribution is 7.87. The van der Waals surface area contributed by atoms with Gasteiger partial charge in [0.15, 0.2) is 46.0 Å². The number of carbonyl (C=O) groups excluding carboxylic acids is 4. The minimum atomic E-state index is -4.56. The van der Waals surface area contributed by atoms with Crippen LogP contribution in [0.2, 0.25) is 0 Å². The van der Waals surface area contributed by atoms with Crippen LogP contribution in [0.1, 0.15) is 201 Å². The van der Waals surface area contributed by atoms with Crippen LogP contribution >= 0.6 is 0 Å². The van der Waals surface area contributed by atoms with Gasteiger partial charge in [0, 0.05) is 86.7 Å². The van der Waals surface area contributed by atoms with Gasteiger partial charge in [0.2, 0.25) is 23.0 Å². The molecule has 4 amide bonds. The van der Waals surface area contributed by atoms with E-state index in [0.29, 0.717) is 133 Å². The summed E-state index contributed by atoms with van der Waals surface area (Å²) < 4.78 is 334. The quantitative estimate of drug-likeness (QED) is 0.0161. The number of nitrogens with zero attached hydrogens (tertiary/aromatic N) is 9. The third-order valence-corrected chi connectivity index (χ3v) is 26.7. The number of hydrogen-bond donors (Lipinski definition) is 12. The van der Waals surface area contributed by atoms with Gasteiger partial charge in [-0.25, -0.2) is 0 Å². The third kappa shape index (κ3) is 52.2. The number of carbonyl (C=O) groups is 4. The average molecular weight is 2240 g/mol. The number of aromatic nitrogens is 9. The van der Waals surface area contributed by atoms with E-state index in [1.165, 1.54) is 36.4 Å². The lowest BCUT2D eigenvalue weighted by Crippen LogP contribution is -2.25. The molecular weight excluding hydrogens is 2110 g/mol. The van der Waals surface area contributed by atoms with Crippen molar-refractivity contribution >= 4 is 105 Å². The maximum Gasteiger partial charge on any atom is 0.268 e. The molecule has 0 atom stereocenters. The van der Waals surface area contributed by atoms with Crippen molar-refractivity contribution in [2.24, 2.45) is 0 Å². The molecule has 3 aromatic heterocycles. The molecule has 3 heterocycles. The summed E-state index contributed by atoms with van der Waals surface area (Å²) >= 11 is 0. The minimum Gasteiger partial charge on any atom is -0.490 e. The van der Waals surface area contributed by atoms with E-state index < -0.39 is 157 Å². The number of unbranched alkanes of at least 4 members (excludes halogenated alkanes) is 5. The van der Waals surface area contributed by atoms with Gasteiger partial charge in [-0.1, -0.05) is 29.5 Å². The van der Waals surface area contributed by atoms with Gasteiger partial charge in [-0.05, 0) is 196 Å². The number of rotatable bonds is 80. The van der Waals surface area contributed by atoms with Crippen LogP contribution in [0.15, 0.2) is 67.1 Å². The van der Waals surface area contributed by atoms with Gasteiger partial charge in [0.1, 0.15) is 12.4 Å². The molecule has 0 aliphatic heterocycles. The van der Waals surface area contributed by atoms with Crippen LogP contribution in [0.25, 0.3) is 0 Å². The van der Waals surface area contributed by atoms with Gasteiger partial charge >= 0.3 is 0 Å². The third-order valence-electron chi connectivity index (χ3n) is 20.4. The van der Waals surface area contributed by atoms with Gasteiger partial charge < -0.3 is 78.1 Å². The number of amides is 4. The largest absolute Gasteiger partial charge is 0.490 e. The molecule has 0 spiro atoms. The molecule has 7 rings (SSSR count). The minimum absolute atomic E-state index is 0.0618. The zero-order valence-electron chi connectivity index (χ0n) is 81.1. The highest BCUT2D eigenvalue weighted by Crippen LogP contribution is 2.44. The zero-order chi connectivity index (χ0) is 108. The zero-order valence-corrected chi connectivity index (χ0v) is 87.7. The number of ether oxygens (including phenoxy) is 12. The van der Waals surface area contributed by atoms with Crippen LogP contribution in [0.5, 0.6) is 69.0 Å². The first-order chi connectivity index (χ1) is 69.5. The van der Waals surface area contributed by atoms with Crippen molar-refractivity contribution in [2.45, 2.75) is 181 Å². The Kier molecular flexibility index (Phi) is 51.8. The maximum absolute atomic E-state index is 13.9. The molecule has 0 aliphatic rings. The molecule has 826 valence electrons. The first kappa shape index (κ1) is 123. The van der Waals surface area contributed by atoms with Gasteiger partial charge in [-0.15, -0.1) is 15.3 Å². The average Bonchev–Trinajstić information content (AvgIpc) is 1.58. The summed E-state index contributed by atoms with van der Waals surface area (Å²) in [4.78, 5) is 55.1. The fourth-order valence-corrected chi connectivity index (χ4v) is 17.2. The molecule has 147 heavy (non-hydrogen) atoms. The molecule has 12 N–H and O–H groups in total. The summed E-state index contributed by atoms with van der Waals surface area (Å²) in [5, 5.41) is 37.1. The van der Waals surface area contributed by atoms with Crippen LogP contribution in [0.4, 0.5) is 0 Å². The number of benzene rings is 4. The highest BCUT2D eigenvalue weighted by atomic mass is 32.2. The molecule has 0 saturated heterocycles.